The first-order chi connectivity index (χ1) is 11.0. The molecule has 0 bridgehead atoms. The minimum Gasteiger partial charge on any atom is -0.480 e. The Labute approximate surface area is 138 Å². The smallest absolute Gasteiger partial charge is 0.329 e. The van der Waals surface area contributed by atoms with E-state index in [1.54, 1.807) is 0 Å². The van der Waals surface area contributed by atoms with Crippen LogP contribution < -0.4 is 14.8 Å². The molecule has 2 N–H and O–H groups in total. The van der Waals surface area contributed by atoms with E-state index < -0.39 is 29.4 Å². The summed E-state index contributed by atoms with van der Waals surface area (Å²) in [4.78, 5) is 45.0. The molecule has 0 aromatic heterocycles. The standard InChI is InChI=1S/C16H19NO7/c1-9(18)17-16(4,15(21)22)8-12-5-6-13(23-10(2)19)14(7-12)24-11(3)20/h5-7H,8H2,1-4H3,(H,17,18)(H,21,22)/t16-/m1/s1. The lowest BCUT2D eigenvalue weighted by atomic mass is 9.92. The Hall–Kier alpha value is -2.90. The monoisotopic (exact) mass is 337 g/mol. The molecule has 8 heteroatoms. The Morgan fingerprint density at radius 2 is 1.58 bits per heavy atom. The van der Waals surface area contributed by atoms with Crippen LogP contribution in [0.2, 0.25) is 0 Å². The minimum absolute atomic E-state index is 0.00855. The highest BCUT2D eigenvalue weighted by atomic mass is 16.6. The van der Waals surface area contributed by atoms with E-state index in [0.717, 1.165) is 0 Å². The summed E-state index contributed by atoms with van der Waals surface area (Å²) in [6, 6.07) is 4.31. The van der Waals surface area contributed by atoms with Crippen molar-refractivity contribution in [3.05, 3.63) is 23.8 Å². The first-order valence-corrected chi connectivity index (χ1v) is 7.05. The molecule has 0 saturated heterocycles. The second kappa shape index (κ2) is 7.58. The first kappa shape index (κ1) is 19.1. The van der Waals surface area contributed by atoms with Crippen LogP contribution in [0.4, 0.5) is 0 Å². The van der Waals surface area contributed by atoms with Gasteiger partial charge in [0, 0.05) is 27.2 Å². The summed E-state index contributed by atoms with van der Waals surface area (Å²) < 4.78 is 9.93. The van der Waals surface area contributed by atoms with Crippen LogP contribution in [-0.2, 0) is 25.6 Å². The van der Waals surface area contributed by atoms with Gasteiger partial charge in [-0.15, -0.1) is 0 Å². The maximum absolute atomic E-state index is 11.5. The highest BCUT2D eigenvalue weighted by Gasteiger charge is 2.34. The van der Waals surface area contributed by atoms with Crippen molar-refractivity contribution in [3.8, 4) is 11.5 Å². The zero-order valence-corrected chi connectivity index (χ0v) is 13.8. The normalized spacial score (nSPS) is 12.7. The van der Waals surface area contributed by atoms with E-state index >= 15 is 0 Å². The molecule has 0 fully saturated rings. The maximum atomic E-state index is 11.5. The van der Waals surface area contributed by atoms with Gasteiger partial charge in [0.1, 0.15) is 5.54 Å². The number of nitrogens with one attached hydrogen (secondary N) is 1. The number of amides is 1. The molecule has 24 heavy (non-hydrogen) atoms. The lowest BCUT2D eigenvalue weighted by Gasteiger charge is -2.26. The lowest BCUT2D eigenvalue weighted by molar-refractivity contribution is -0.146. The van der Waals surface area contributed by atoms with E-state index in [1.165, 1.54) is 45.9 Å². The van der Waals surface area contributed by atoms with Crippen molar-refractivity contribution in [2.45, 2.75) is 39.7 Å². The number of carbonyl (C=O) groups is 4. The van der Waals surface area contributed by atoms with E-state index in [1.807, 2.05) is 0 Å². The van der Waals surface area contributed by atoms with Gasteiger partial charge in [-0.2, -0.15) is 0 Å². The van der Waals surface area contributed by atoms with Crippen LogP contribution in [0.3, 0.4) is 0 Å². The molecule has 0 saturated carbocycles. The van der Waals surface area contributed by atoms with Crippen LogP contribution >= 0.6 is 0 Å². The molecule has 0 aliphatic carbocycles. The number of carboxylic acid groups (broad SMARTS) is 1. The zero-order chi connectivity index (χ0) is 18.5. The average molecular weight is 337 g/mol. The van der Waals surface area contributed by atoms with Gasteiger partial charge >= 0.3 is 17.9 Å². The first-order valence-electron chi connectivity index (χ1n) is 7.05. The second-order valence-electron chi connectivity index (χ2n) is 5.46. The van der Waals surface area contributed by atoms with Gasteiger partial charge in [-0.1, -0.05) is 6.07 Å². The third-order valence-electron chi connectivity index (χ3n) is 3.00. The topological polar surface area (TPSA) is 119 Å². The van der Waals surface area contributed by atoms with Crippen LogP contribution in [-0.4, -0.2) is 34.5 Å². The molecule has 1 aromatic rings. The minimum atomic E-state index is -1.54. The summed E-state index contributed by atoms with van der Waals surface area (Å²) >= 11 is 0. The highest BCUT2D eigenvalue weighted by molar-refractivity contribution is 5.86. The SMILES string of the molecule is CC(=O)N[C@](C)(Cc1ccc(OC(C)=O)c(OC(C)=O)c1)C(=O)O. The van der Waals surface area contributed by atoms with Gasteiger partial charge in [0.25, 0.3) is 0 Å². The van der Waals surface area contributed by atoms with Gasteiger partial charge in [0.15, 0.2) is 11.5 Å². The molecule has 8 nitrogen and oxygen atoms in total. The molecular formula is C16H19NO7. The largest absolute Gasteiger partial charge is 0.480 e. The van der Waals surface area contributed by atoms with E-state index in [0.29, 0.717) is 5.56 Å². The Balaban J connectivity index is 3.19. The summed E-state index contributed by atoms with van der Waals surface area (Å²) in [6.07, 6.45) is -0.0590. The Morgan fingerprint density at radius 3 is 2.04 bits per heavy atom. The Bertz CT molecular complexity index is 683. The van der Waals surface area contributed by atoms with Crippen LogP contribution in [0.5, 0.6) is 11.5 Å². The third-order valence-corrected chi connectivity index (χ3v) is 3.00. The predicted octanol–water partition coefficient (Wildman–Crippen LogP) is 1.06. The van der Waals surface area contributed by atoms with Crippen molar-refractivity contribution >= 4 is 23.8 Å². The van der Waals surface area contributed by atoms with Crippen LogP contribution in [0.15, 0.2) is 18.2 Å². The van der Waals surface area contributed by atoms with Crippen molar-refractivity contribution in [2.75, 3.05) is 0 Å². The van der Waals surface area contributed by atoms with Gasteiger partial charge in [0.2, 0.25) is 5.91 Å². The number of aliphatic carboxylic acids is 1. The second-order valence-corrected chi connectivity index (χ2v) is 5.46. The number of benzene rings is 1. The summed E-state index contributed by atoms with van der Waals surface area (Å²) in [7, 11) is 0. The molecule has 0 aliphatic rings. The van der Waals surface area contributed by atoms with Crippen molar-refractivity contribution in [2.24, 2.45) is 0 Å². The van der Waals surface area contributed by atoms with Crippen molar-refractivity contribution < 1.29 is 33.8 Å². The molecule has 1 amide bonds. The number of esters is 2. The van der Waals surface area contributed by atoms with Gasteiger partial charge in [0.05, 0.1) is 0 Å². The van der Waals surface area contributed by atoms with E-state index in [2.05, 4.69) is 5.32 Å². The van der Waals surface area contributed by atoms with Crippen LogP contribution in [0, 0.1) is 0 Å². The third kappa shape index (κ3) is 5.38. The summed E-state index contributed by atoms with van der Waals surface area (Å²) in [6.45, 7) is 4.96. The zero-order valence-electron chi connectivity index (χ0n) is 13.8. The van der Waals surface area contributed by atoms with Gasteiger partial charge in [-0.25, -0.2) is 4.79 Å². The van der Waals surface area contributed by atoms with Crippen LogP contribution in [0.25, 0.3) is 0 Å². The molecule has 0 aliphatic heterocycles. The summed E-state index contributed by atoms with van der Waals surface area (Å²) in [5.74, 6) is -2.88. The van der Waals surface area contributed by atoms with E-state index in [4.69, 9.17) is 9.47 Å². The highest BCUT2D eigenvalue weighted by Crippen LogP contribution is 2.30. The Morgan fingerprint density at radius 1 is 1.04 bits per heavy atom. The summed E-state index contributed by atoms with van der Waals surface area (Å²) in [5, 5.41) is 11.7. The Kier molecular flexibility index (Phi) is 6.05. The van der Waals surface area contributed by atoms with Crippen LogP contribution in [0.1, 0.15) is 33.3 Å². The fourth-order valence-electron chi connectivity index (χ4n) is 2.11. The average Bonchev–Trinajstić information content (AvgIpc) is 2.39. The summed E-state index contributed by atoms with van der Waals surface area (Å²) in [5.41, 5.74) is -1.07. The number of carbonyl (C=O) groups excluding carboxylic acids is 3. The molecule has 0 radical (unpaired) electrons. The molecule has 130 valence electrons. The lowest BCUT2D eigenvalue weighted by Crippen LogP contribution is -2.53. The quantitative estimate of drug-likeness (QED) is 0.588. The van der Waals surface area contributed by atoms with E-state index in [-0.39, 0.29) is 17.9 Å². The van der Waals surface area contributed by atoms with Gasteiger partial charge in [-0.3, -0.25) is 14.4 Å². The maximum Gasteiger partial charge on any atom is 0.329 e. The molecule has 0 spiro atoms. The number of hydrogen-bond acceptors (Lipinski definition) is 6. The number of ether oxygens (including phenoxy) is 2. The number of hydrogen-bond donors (Lipinski definition) is 2. The molecular weight excluding hydrogens is 318 g/mol. The van der Waals surface area contributed by atoms with E-state index in [9.17, 15) is 24.3 Å². The number of carboxylic acids is 1. The fourth-order valence-corrected chi connectivity index (χ4v) is 2.11. The number of rotatable bonds is 6. The molecule has 1 aromatic carbocycles. The van der Waals surface area contributed by atoms with Crippen molar-refractivity contribution in [3.63, 3.8) is 0 Å². The van der Waals surface area contributed by atoms with Gasteiger partial charge < -0.3 is 19.9 Å². The van der Waals surface area contributed by atoms with Gasteiger partial charge in [-0.05, 0) is 24.6 Å². The molecule has 1 rings (SSSR count). The molecule has 0 unspecified atom stereocenters. The van der Waals surface area contributed by atoms with Crippen molar-refractivity contribution in [1.82, 2.24) is 5.32 Å². The fraction of sp³-hybridized carbons (Fsp3) is 0.375. The molecule has 0 heterocycles. The molecule has 1 atom stereocenters. The predicted molar refractivity (Wildman–Crippen MR) is 82.6 cm³/mol. The van der Waals surface area contributed by atoms with Crippen molar-refractivity contribution in [1.29, 1.82) is 0 Å².